The maximum Gasteiger partial charge on any atom is 0.243 e. The lowest BCUT2D eigenvalue weighted by Crippen LogP contribution is -2.50. The van der Waals surface area contributed by atoms with E-state index in [2.05, 4.69) is 5.32 Å². The molecule has 29 heavy (non-hydrogen) atoms. The zero-order valence-corrected chi connectivity index (χ0v) is 18.1. The zero-order chi connectivity index (χ0) is 21.2. The van der Waals surface area contributed by atoms with Gasteiger partial charge in [-0.2, -0.15) is 0 Å². The van der Waals surface area contributed by atoms with Gasteiger partial charge < -0.3 is 14.8 Å². The Labute approximate surface area is 179 Å². The molecule has 2 aromatic carbocycles. The Bertz CT molecular complexity index is 995. The first kappa shape index (κ1) is 21.5. The topological polar surface area (TPSA) is 84.9 Å². The van der Waals surface area contributed by atoms with Crippen molar-refractivity contribution in [3.63, 3.8) is 0 Å². The molecule has 10 heteroatoms. The molecule has 3 rings (SSSR count). The van der Waals surface area contributed by atoms with E-state index in [0.717, 1.165) is 10.6 Å². The van der Waals surface area contributed by atoms with E-state index in [9.17, 15) is 13.2 Å². The first-order chi connectivity index (χ1) is 13.6. The summed E-state index contributed by atoms with van der Waals surface area (Å²) in [5.74, 6) is 0.746. The van der Waals surface area contributed by atoms with Crippen LogP contribution in [0.25, 0.3) is 0 Å². The minimum absolute atomic E-state index is 0.158. The summed E-state index contributed by atoms with van der Waals surface area (Å²) in [5.41, 5.74) is 0.207. The second-order valence-corrected chi connectivity index (χ2v) is 9.34. The molecule has 7 nitrogen and oxygen atoms in total. The van der Waals surface area contributed by atoms with E-state index in [1.54, 1.807) is 12.1 Å². The molecule has 1 aliphatic rings. The van der Waals surface area contributed by atoms with Gasteiger partial charge in [-0.15, -0.1) is 0 Å². The van der Waals surface area contributed by atoms with Crippen LogP contribution >= 0.6 is 23.2 Å². The number of nitrogens with one attached hydrogen (secondary N) is 1. The molecule has 1 amide bonds. The quantitative estimate of drug-likeness (QED) is 0.718. The maximum absolute atomic E-state index is 12.7. The molecule has 0 fully saturated rings. The van der Waals surface area contributed by atoms with Gasteiger partial charge in [0.05, 0.1) is 18.5 Å². The van der Waals surface area contributed by atoms with Gasteiger partial charge in [-0.05, 0) is 37.3 Å². The lowest BCUT2D eigenvalue weighted by Gasteiger charge is -2.30. The molecule has 1 heterocycles. The molecule has 2 atom stereocenters. The average Bonchev–Trinajstić information content (AvgIpc) is 2.64. The number of carbonyl (C=O) groups excluding carboxylic acids is 1. The van der Waals surface area contributed by atoms with Crippen LogP contribution in [0, 0.1) is 0 Å². The van der Waals surface area contributed by atoms with Crippen LogP contribution in [0.3, 0.4) is 0 Å². The van der Waals surface area contributed by atoms with Crippen molar-refractivity contribution in [2.24, 2.45) is 0 Å². The van der Waals surface area contributed by atoms with E-state index < -0.39 is 28.1 Å². The number of rotatable bonds is 6. The monoisotopic (exact) mass is 458 g/mol. The van der Waals surface area contributed by atoms with Gasteiger partial charge >= 0.3 is 0 Å². The van der Waals surface area contributed by atoms with Crippen LogP contribution in [0.5, 0.6) is 11.5 Å². The molecular weight excluding hydrogens is 439 g/mol. The average molecular weight is 459 g/mol. The van der Waals surface area contributed by atoms with Gasteiger partial charge in [-0.3, -0.25) is 9.10 Å². The van der Waals surface area contributed by atoms with Crippen LogP contribution in [0.2, 0.25) is 10.0 Å². The molecular formula is C19H20Cl2N2O5S. The first-order valence-electron chi connectivity index (χ1n) is 8.77. The number of hydrogen-bond acceptors (Lipinski definition) is 5. The van der Waals surface area contributed by atoms with Gasteiger partial charge in [-0.1, -0.05) is 35.3 Å². The molecule has 0 aliphatic carbocycles. The molecule has 0 aromatic heterocycles. The largest absolute Gasteiger partial charge is 0.486 e. The van der Waals surface area contributed by atoms with Crippen molar-refractivity contribution < 1.29 is 22.7 Å². The van der Waals surface area contributed by atoms with Gasteiger partial charge in [0, 0.05) is 10.0 Å². The molecule has 1 N–H and O–H groups in total. The SMILES string of the molecule is C[C@H](C(=O)NC[C@H]1COc2ccccc2O1)N(c1cc(Cl)cc(Cl)c1)S(C)(=O)=O. The van der Waals surface area contributed by atoms with Gasteiger partial charge in [-0.25, -0.2) is 8.42 Å². The predicted molar refractivity (Wildman–Crippen MR) is 113 cm³/mol. The van der Waals surface area contributed by atoms with Crippen LogP contribution in [0.4, 0.5) is 5.69 Å². The lowest BCUT2D eigenvalue weighted by atomic mass is 10.2. The molecule has 0 unspecified atom stereocenters. The second kappa shape index (κ2) is 8.69. The Hall–Kier alpha value is -2.16. The summed E-state index contributed by atoms with van der Waals surface area (Å²) in [6.07, 6.45) is 0.619. The van der Waals surface area contributed by atoms with Crippen LogP contribution in [-0.2, 0) is 14.8 Å². The first-order valence-corrected chi connectivity index (χ1v) is 11.4. The zero-order valence-electron chi connectivity index (χ0n) is 15.8. The number of anilines is 1. The highest BCUT2D eigenvalue weighted by Crippen LogP contribution is 2.31. The minimum atomic E-state index is -3.78. The summed E-state index contributed by atoms with van der Waals surface area (Å²) in [6, 6.07) is 10.6. The van der Waals surface area contributed by atoms with E-state index in [4.69, 9.17) is 32.7 Å². The normalized spacial score (nSPS) is 16.8. The van der Waals surface area contributed by atoms with Gasteiger partial charge in [0.15, 0.2) is 11.5 Å². The van der Waals surface area contributed by atoms with E-state index in [1.807, 2.05) is 12.1 Å². The second-order valence-electron chi connectivity index (χ2n) is 6.61. The van der Waals surface area contributed by atoms with Crippen molar-refractivity contribution in [1.29, 1.82) is 0 Å². The molecule has 0 spiro atoms. The summed E-state index contributed by atoms with van der Waals surface area (Å²) in [6.45, 7) is 1.91. The predicted octanol–water partition coefficient (Wildman–Crippen LogP) is 3.10. The Morgan fingerprint density at radius 2 is 1.83 bits per heavy atom. The molecule has 156 valence electrons. The van der Waals surface area contributed by atoms with Crippen LogP contribution in [0.1, 0.15) is 6.92 Å². The maximum atomic E-state index is 12.7. The number of nitrogens with zero attached hydrogens (tertiary/aromatic N) is 1. The summed E-state index contributed by atoms with van der Waals surface area (Å²) in [4.78, 5) is 12.7. The van der Waals surface area contributed by atoms with Gasteiger partial charge in [0.1, 0.15) is 18.8 Å². The number of halogens is 2. The number of fused-ring (bicyclic) bond motifs is 1. The Morgan fingerprint density at radius 3 is 2.45 bits per heavy atom. The third kappa shape index (κ3) is 5.26. The molecule has 0 saturated carbocycles. The van der Waals surface area contributed by atoms with Crippen molar-refractivity contribution in [3.8, 4) is 11.5 Å². The van der Waals surface area contributed by atoms with Crippen LogP contribution < -0.4 is 19.1 Å². The number of benzene rings is 2. The van der Waals surface area contributed by atoms with Crippen molar-refractivity contribution in [1.82, 2.24) is 5.32 Å². The van der Waals surface area contributed by atoms with E-state index in [-0.39, 0.29) is 28.9 Å². The molecule has 0 saturated heterocycles. The number of sulfonamides is 1. The van der Waals surface area contributed by atoms with Crippen molar-refractivity contribution in [3.05, 3.63) is 52.5 Å². The van der Waals surface area contributed by atoms with Crippen LogP contribution in [0.15, 0.2) is 42.5 Å². The van der Waals surface area contributed by atoms with Gasteiger partial charge in [0.25, 0.3) is 0 Å². The van der Waals surface area contributed by atoms with E-state index in [0.29, 0.717) is 11.5 Å². The van der Waals surface area contributed by atoms with Crippen molar-refractivity contribution in [2.45, 2.75) is 19.1 Å². The van der Waals surface area contributed by atoms with E-state index in [1.165, 1.54) is 25.1 Å². The minimum Gasteiger partial charge on any atom is -0.486 e. The van der Waals surface area contributed by atoms with Crippen LogP contribution in [-0.4, -0.2) is 45.9 Å². The third-order valence-electron chi connectivity index (χ3n) is 4.26. The Kier molecular flexibility index (Phi) is 6.45. The highest BCUT2D eigenvalue weighted by Gasteiger charge is 2.30. The summed E-state index contributed by atoms with van der Waals surface area (Å²) in [7, 11) is -3.78. The Morgan fingerprint density at radius 1 is 1.21 bits per heavy atom. The lowest BCUT2D eigenvalue weighted by molar-refractivity contribution is -0.122. The van der Waals surface area contributed by atoms with Gasteiger partial charge in [0.2, 0.25) is 15.9 Å². The van der Waals surface area contributed by atoms with Crippen molar-refractivity contribution in [2.75, 3.05) is 23.7 Å². The summed E-state index contributed by atoms with van der Waals surface area (Å²) in [5, 5.41) is 3.25. The molecule has 1 aliphatic heterocycles. The molecule has 2 aromatic rings. The fraction of sp³-hybridized carbons (Fsp3) is 0.316. The number of hydrogen-bond donors (Lipinski definition) is 1. The highest BCUT2D eigenvalue weighted by atomic mass is 35.5. The number of para-hydroxylation sites is 2. The number of amides is 1. The number of ether oxygens (including phenoxy) is 2. The van der Waals surface area contributed by atoms with E-state index >= 15 is 0 Å². The smallest absolute Gasteiger partial charge is 0.243 e. The molecule has 0 bridgehead atoms. The summed E-state index contributed by atoms with van der Waals surface area (Å²) >= 11 is 12.0. The molecule has 0 radical (unpaired) electrons. The highest BCUT2D eigenvalue weighted by molar-refractivity contribution is 7.92. The standard InChI is InChI=1S/C19H20Cl2N2O5S/c1-12(23(29(2,25)26)15-8-13(20)7-14(21)9-15)19(24)22-10-16-11-27-17-5-3-4-6-18(17)28-16/h3-9,12,16H,10-11H2,1-2H3,(H,22,24)/t12-,16+/m1/s1. The summed E-state index contributed by atoms with van der Waals surface area (Å²) < 4.78 is 37.1. The third-order valence-corrected chi connectivity index (χ3v) is 5.94. The van der Waals surface area contributed by atoms with Crippen molar-refractivity contribution >= 4 is 44.8 Å². The number of carbonyl (C=O) groups is 1. The Balaban J connectivity index is 1.70. The fourth-order valence-corrected chi connectivity index (χ4v) is 4.67. The fourth-order valence-electron chi connectivity index (χ4n) is 3.00.